The summed E-state index contributed by atoms with van der Waals surface area (Å²) in [7, 11) is 0. The van der Waals surface area contributed by atoms with Crippen molar-refractivity contribution in [3.05, 3.63) is 29.3 Å². The fourth-order valence-electron chi connectivity index (χ4n) is 2.24. The first-order chi connectivity index (χ1) is 12.1. The lowest BCUT2D eigenvalue weighted by molar-refractivity contribution is -0.120. The number of nitrogens with one attached hydrogen (secondary N) is 3. The van der Waals surface area contributed by atoms with Gasteiger partial charge in [0.25, 0.3) is 0 Å². The van der Waals surface area contributed by atoms with Crippen molar-refractivity contribution in [1.82, 2.24) is 16.0 Å². The van der Waals surface area contributed by atoms with Crippen LogP contribution in [0, 0.1) is 6.92 Å². The van der Waals surface area contributed by atoms with Crippen molar-refractivity contribution in [3.63, 3.8) is 0 Å². The standard InChI is InChI=1S/C19H32N4O2.HI/c1-5-11-21-18(24)10-12-22-19(20-6-2)23-14-16-9-8-15(4)13-17(16)25-7-3;/h8-9,13H,5-7,10-12,14H2,1-4H3,(H,21,24)(H2,20,22,23);1H. The first-order valence-electron chi connectivity index (χ1n) is 9.11. The molecule has 0 fully saturated rings. The minimum Gasteiger partial charge on any atom is -0.494 e. The van der Waals surface area contributed by atoms with E-state index in [1.54, 1.807) is 0 Å². The van der Waals surface area contributed by atoms with E-state index in [4.69, 9.17) is 4.74 Å². The summed E-state index contributed by atoms with van der Waals surface area (Å²) in [6, 6.07) is 6.14. The molecule has 3 N–H and O–H groups in total. The molecule has 0 heterocycles. The maximum Gasteiger partial charge on any atom is 0.221 e. The van der Waals surface area contributed by atoms with Crippen LogP contribution >= 0.6 is 24.0 Å². The molecule has 0 aliphatic carbocycles. The molecule has 26 heavy (non-hydrogen) atoms. The van der Waals surface area contributed by atoms with Crippen LogP contribution < -0.4 is 20.7 Å². The highest BCUT2D eigenvalue weighted by molar-refractivity contribution is 14.0. The second kappa shape index (κ2) is 14.6. The smallest absolute Gasteiger partial charge is 0.221 e. The molecule has 0 aliphatic heterocycles. The van der Waals surface area contributed by atoms with Gasteiger partial charge in [0.05, 0.1) is 13.2 Å². The van der Waals surface area contributed by atoms with Crippen molar-refractivity contribution in [2.75, 3.05) is 26.2 Å². The fourth-order valence-corrected chi connectivity index (χ4v) is 2.24. The van der Waals surface area contributed by atoms with E-state index in [0.717, 1.165) is 30.8 Å². The van der Waals surface area contributed by atoms with Gasteiger partial charge in [0.1, 0.15) is 5.75 Å². The lowest BCUT2D eigenvalue weighted by Crippen LogP contribution is -2.39. The summed E-state index contributed by atoms with van der Waals surface area (Å²) in [5.41, 5.74) is 2.21. The van der Waals surface area contributed by atoms with Crippen LogP contribution in [0.15, 0.2) is 23.2 Å². The normalized spacial score (nSPS) is 10.7. The van der Waals surface area contributed by atoms with Crippen LogP contribution in [0.25, 0.3) is 0 Å². The summed E-state index contributed by atoms with van der Waals surface area (Å²) in [4.78, 5) is 16.2. The highest BCUT2D eigenvalue weighted by atomic mass is 127. The molecule has 0 spiro atoms. The first kappa shape index (κ1) is 24.5. The zero-order valence-electron chi connectivity index (χ0n) is 16.4. The van der Waals surface area contributed by atoms with Crippen molar-refractivity contribution in [2.24, 2.45) is 4.99 Å². The minimum absolute atomic E-state index is 0. The summed E-state index contributed by atoms with van der Waals surface area (Å²) in [6.07, 6.45) is 1.38. The number of hydrogen-bond acceptors (Lipinski definition) is 3. The second-order valence-electron chi connectivity index (χ2n) is 5.77. The van der Waals surface area contributed by atoms with E-state index < -0.39 is 0 Å². The Morgan fingerprint density at radius 2 is 1.88 bits per heavy atom. The number of benzene rings is 1. The summed E-state index contributed by atoms with van der Waals surface area (Å²) in [5.74, 6) is 1.64. The monoisotopic (exact) mass is 476 g/mol. The SMILES string of the molecule is CCCNC(=O)CCNC(=NCc1ccc(C)cc1OCC)NCC.I. The Kier molecular flexibility index (Phi) is 13.8. The van der Waals surface area contributed by atoms with Gasteiger partial charge in [-0.05, 0) is 38.8 Å². The molecular weight excluding hydrogens is 443 g/mol. The maximum atomic E-state index is 11.6. The number of amides is 1. The van der Waals surface area contributed by atoms with Crippen molar-refractivity contribution in [3.8, 4) is 5.75 Å². The number of nitrogens with zero attached hydrogens (tertiary/aromatic N) is 1. The quantitative estimate of drug-likeness (QED) is 0.276. The number of carbonyl (C=O) groups is 1. The Morgan fingerprint density at radius 1 is 1.12 bits per heavy atom. The minimum atomic E-state index is 0. The highest BCUT2D eigenvalue weighted by Gasteiger charge is 2.05. The van der Waals surface area contributed by atoms with Crippen LogP contribution in [0.2, 0.25) is 0 Å². The Morgan fingerprint density at radius 3 is 2.54 bits per heavy atom. The van der Waals surface area contributed by atoms with Gasteiger partial charge in [-0.15, -0.1) is 24.0 Å². The van der Waals surface area contributed by atoms with E-state index >= 15 is 0 Å². The summed E-state index contributed by atoms with van der Waals surface area (Å²) in [6.45, 7) is 11.3. The van der Waals surface area contributed by atoms with E-state index in [2.05, 4.69) is 27.0 Å². The molecule has 0 aliphatic rings. The van der Waals surface area contributed by atoms with Gasteiger partial charge in [0, 0.05) is 31.6 Å². The molecule has 1 aromatic rings. The lowest BCUT2D eigenvalue weighted by Gasteiger charge is -2.13. The fraction of sp³-hybridized carbons (Fsp3) is 0.579. The first-order valence-corrected chi connectivity index (χ1v) is 9.11. The van der Waals surface area contributed by atoms with E-state index in [1.165, 1.54) is 5.56 Å². The van der Waals surface area contributed by atoms with Crippen molar-refractivity contribution in [2.45, 2.75) is 47.1 Å². The predicted molar refractivity (Wildman–Crippen MR) is 118 cm³/mol. The molecule has 1 rings (SSSR count). The molecular formula is C19H33IN4O2. The third-order valence-electron chi connectivity index (χ3n) is 3.49. The molecule has 6 nitrogen and oxygen atoms in total. The van der Waals surface area contributed by atoms with Crippen LogP contribution in [0.5, 0.6) is 5.75 Å². The van der Waals surface area contributed by atoms with Crippen molar-refractivity contribution in [1.29, 1.82) is 0 Å². The van der Waals surface area contributed by atoms with Crippen LogP contribution in [0.1, 0.15) is 44.7 Å². The summed E-state index contributed by atoms with van der Waals surface area (Å²) >= 11 is 0. The third kappa shape index (κ3) is 9.84. The second-order valence-corrected chi connectivity index (χ2v) is 5.77. The maximum absolute atomic E-state index is 11.6. The molecule has 0 atom stereocenters. The van der Waals surface area contributed by atoms with E-state index in [1.807, 2.05) is 39.8 Å². The molecule has 0 saturated heterocycles. The van der Waals surface area contributed by atoms with Crippen molar-refractivity contribution >= 4 is 35.8 Å². The van der Waals surface area contributed by atoms with Gasteiger partial charge < -0.3 is 20.7 Å². The van der Waals surface area contributed by atoms with Crippen LogP contribution in [-0.2, 0) is 11.3 Å². The number of ether oxygens (including phenoxy) is 1. The Bertz CT molecular complexity index is 564. The van der Waals surface area contributed by atoms with Crippen LogP contribution in [-0.4, -0.2) is 38.1 Å². The number of aryl methyl sites for hydroxylation is 1. The van der Waals surface area contributed by atoms with E-state index in [-0.39, 0.29) is 29.9 Å². The lowest BCUT2D eigenvalue weighted by atomic mass is 10.1. The van der Waals surface area contributed by atoms with Crippen LogP contribution in [0.4, 0.5) is 0 Å². The Hall–Kier alpha value is -1.51. The van der Waals surface area contributed by atoms with Gasteiger partial charge in [-0.3, -0.25) is 4.79 Å². The topological polar surface area (TPSA) is 74.8 Å². The summed E-state index contributed by atoms with van der Waals surface area (Å²) < 4.78 is 5.70. The number of rotatable bonds is 10. The average molecular weight is 476 g/mol. The van der Waals surface area contributed by atoms with Gasteiger partial charge >= 0.3 is 0 Å². The molecule has 0 aromatic heterocycles. The van der Waals surface area contributed by atoms with E-state index in [0.29, 0.717) is 32.1 Å². The number of aliphatic imine (C=N–C) groups is 1. The van der Waals surface area contributed by atoms with Gasteiger partial charge in [-0.25, -0.2) is 4.99 Å². The van der Waals surface area contributed by atoms with E-state index in [9.17, 15) is 4.79 Å². The molecule has 1 aromatic carbocycles. The van der Waals surface area contributed by atoms with Crippen LogP contribution in [0.3, 0.4) is 0 Å². The number of halogens is 1. The number of guanidine groups is 1. The van der Waals surface area contributed by atoms with Gasteiger partial charge in [-0.2, -0.15) is 0 Å². The van der Waals surface area contributed by atoms with Crippen molar-refractivity contribution < 1.29 is 9.53 Å². The predicted octanol–water partition coefficient (Wildman–Crippen LogP) is 2.98. The Balaban J connectivity index is 0.00000625. The molecule has 0 saturated carbocycles. The Labute approximate surface area is 174 Å². The summed E-state index contributed by atoms with van der Waals surface area (Å²) in [5, 5.41) is 9.26. The molecule has 1 amide bonds. The third-order valence-corrected chi connectivity index (χ3v) is 3.49. The van der Waals surface area contributed by atoms with Gasteiger partial charge in [0.15, 0.2) is 5.96 Å². The highest BCUT2D eigenvalue weighted by Crippen LogP contribution is 2.21. The molecule has 0 radical (unpaired) electrons. The molecule has 7 heteroatoms. The van der Waals surface area contributed by atoms with Gasteiger partial charge in [-0.1, -0.05) is 19.1 Å². The number of carbonyl (C=O) groups excluding carboxylic acids is 1. The molecule has 0 bridgehead atoms. The molecule has 148 valence electrons. The van der Waals surface area contributed by atoms with Gasteiger partial charge in [0.2, 0.25) is 5.91 Å². The zero-order chi connectivity index (χ0) is 18.5. The number of hydrogen-bond donors (Lipinski definition) is 3. The average Bonchev–Trinajstić information content (AvgIpc) is 2.59. The zero-order valence-corrected chi connectivity index (χ0v) is 18.7. The largest absolute Gasteiger partial charge is 0.494 e. The molecule has 0 unspecified atom stereocenters.